The van der Waals surface area contributed by atoms with E-state index in [1.165, 1.54) is 5.56 Å². The average molecular weight is 205 g/mol. The summed E-state index contributed by atoms with van der Waals surface area (Å²) >= 11 is 0. The number of fused-ring (bicyclic) bond motifs is 1. The van der Waals surface area contributed by atoms with Crippen molar-refractivity contribution in [3.63, 3.8) is 0 Å². The molecule has 1 heterocycles. The third-order valence-corrected chi connectivity index (χ3v) is 1.60. The van der Waals surface area contributed by atoms with E-state index < -0.39 is 0 Å². The van der Waals surface area contributed by atoms with Gasteiger partial charge in [0.2, 0.25) is 0 Å². The lowest BCUT2D eigenvalue weighted by molar-refractivity contribution is 1.21. The minimum Gasteiger partial charge on any atom is -0.279 e. The predicted molar refractivity (Wildman–Crippen MR) is 56.8 cm³/mol. The van der Waals surface area contributed by atoms with Crippen molar-refractivity contribution in [2.24, 2.45) is 5.10 Å². The van der Waals surface area contributed by atoms with Crippen molar-refractivity contribution in [1.29, 1.82) is 0 Å². The Labute approximate surface area is 83.9 Å². The summed E-state index contributed by atoms with van der Waals surface area (Å²) in [4.78, 5) is 0. The molecule has 0 radical (unpaired) electrons. The summed E-state index contributed by atoms with van der Waals surface area (Å²) < 4.78 is 0. The van der Waals surface area contributed by atoms with Crippen LogP contribution in [0.1, 0.15) is 5.56 Å². The standard InChI is InChI=1S/C8H8N2.2ClH/c1-2-4-8-7(3-1)5-6-9-10-8;;/h1-4,6,10H,5H2;2*1H. The highest BCUT2D eigenvalue weighted by atomic mass is 35.5. The Morgan fingerprint density at radius 3 is 2.67 bits per heavy atom. The first-order chi connectivity index (χ1) is 4.97. The Morgan fingerprint density at radius 1 is 1.17 bits per heavy atom. The molecule has 12 heavy (non-hydrogen) atoms. The van der Waals surface area contributed by atoms with Crippen LogP contribution in [0.2, 0.25) is 0 Å². The van der Waals surface area contributed by atoms with Gasteiger partial charge in [-0.15, -0.1) is 24.8 Å². The number of anilines is 1. The maximum absolute atomic E-state index is 3.94. The number of hydrazone groups is 1. The Morgan fingerprint density at radius 2 is 1.92 bits per heavy atom. The van der Waals surface area contributed by atoms with Crippen LogP contribution in [-0.4, -0.2) is 6.21 Å². The molecular weight excluding hydrogens is 195 g/mol. The first-order valence-corrected chi connectivity index (χ1v) is 3.32. The number of hydrogen-bond acceptors (Lipinski definition) is 2. The molecule has 1 aromatic carbocycles. The van der Waals surface area contributed by atoms with Gasteiger partial charge in [-0.2, -0.15) is 5.10 Å². The lowest BCUT2D eigenvalue weighted by atomic mass is 10.1. The first-order valence-electron chi connectivity index (χ1n) is 3.32. The second kappa shape index (κ2) is 5.01. The van der Waals surface area contributed by atoms with Crippen molar-refractivity contribution >= 4 is 36.7 Å². The fourth-order valence-electron chi connectivity index (χ4n) is 1.07. The first kappa shape index (κ1) is 11.3. The van der Waals surface area contributed by atoms with E-state index in [1.54, 1.807) is 0 Å². The molecule has 0 aromatic heterocycles. The van der Waals surface area contributed by atoms with Crippen LogP contribution < -0.4 is 5.43 Å². The Bertz CT molecular complexity index is 247. The summed E-state index contributed by atoms with van der Waals surface area (Å²) in [7, 11) is 0. The second-order valence-electron chi connectivity index (χ2n) is 2.28. The molecule has 0 bridgehead atoms. The van der Waals surface area contributed by atoms with Crippen LogP contribution in [0.3, 0.4) is 0 Å². The topological polar surface area (TPSA) is 24.4 Å². The largest absolute Gasteiger partial charge is 0.279 e. The number of nitrogens with zero attached hydrogens (tertiary/aromatic N) is 1. The number of benzene rings is 1. The molecule has 1 aliphatic heterocycles. The zero-order chi connectivity index (χ0) is 6.81. The van der Waals surface area contributed by atoms with Gasteiger partial charge in [0.05, 0.1) is 5.69 Å². The molecule has 0 amide bonds. The van der Waals surface area contributed by atoms with Crippen LogP contribution in [0.25, 0.3) is 0 Å². The highest BCUT2D eigenvalue weighted by Crippen LogP contribution is 2.16. The van der Waals surface area contributed by atoms with Crippen LogP contribution in [0, 0.1) is 0 Å². The number of para-hydroxylation sites is 1. The van der Waals surface area contributed by atoms with Gasteiger partial charge in [0, 0.05) is 12.6 Å². The summed E-state index contributed by atoms with van der Waals surface area (Å²) in [5.41, 5.74) is 5.38. The molecule has 0 saturated heterocycles. The minimum atomic E-state index is 0. The van der Waals surface area contributed by atoms with Crippen molar-refractivity contribution in [2.75, 3.05) is 5.43 Å². The molecule has 0 unspecified atom stereocenters. The third kappa shape index (κ3) is 2.13. The highest BCUT2D eigenvalue weighted by Gasteiger charge is 2.01. The maximum Gasteiger partial charge on any atom is 0.0597 e. The number of rotatable bonds is 0. The second-order valence-corrected chi connectivity index (χ2v) is 2.28. The van der Waals surface area contributed by atoms with Crippen molar-refractivity contribution in [3.05, 3.63) is 29.8 Å². The molecule has 0 fully saturated rings. The third-order valence-electron chi connectivity index (χ3n) is 1.60. The van der Waals surface area contributed by atoms with Crippen molar-refractivity contribution in [3.8, 4) is 0 Å². The molecule has 0 aliphatic carbocycles. The van der Waals surface area contributed by atoms with Gasteiger partial charge in [0.25, 0.3) is 0 Å². The number of halogens is 2. The van der Waals surface area contributed by atoms with Gasteiger partial charge in [-0.05, 0) is 11.6 Å². The number of nitrogens with one attached hydrogen (secondary N) is 1. The van der Waals surface area contributed by atoms with E-state index in [2.05, 4.69) is 16.6 Å². The van der Waals surface area contributed by atoms with E-state index >= 15 is 0 Å². The van der Waals surface area contributed by atoms with Gasteiger partial charge in [0.15, 0.2) is 0 Å². The summed E-state index contributed by atoms with van der Waals surface area (Å²) in [6.07, 6.45) is 2.82. The molecule has 66 valence electrons. The van der Waals surface area contributed by atoms with Crippen LogP contribution in [0.4, 0.5) is 5.69 Å². The van der Waals surface area contributed by atoms with Crippen molar-refractivity contribution in [2.45, 2.75) is 6.42 Å². The Kier molecular flexibility index (Phi) is 4.71. The monoisotopic (exact) mass is 204 g/mol. The molecule has 0 atom stereocenters. The maximum atomic E-state index is 3.94. The average Bonchev–Trinajstić information content (AvgIpc) is 2.05. The van der Waals surface area contributed by atoms with Gasteiger partial charge in [-0.1, -0.05) is 18.2 Å². The van der Waals surface area contributed by atoms with Crippen LogP contribution >= 0.6 is 24.8 Å². The molecule has 1 N–H and O–H groups in total. The predicted octanol–water partition coefficient (Wildman–Crippen LogP) is 2.48. The molecule has 0 saturated carbocycles. The normalized spacial score (nSPS) is 11.7. The summed E-state index contributed by atoms with van der Waals surface area (Å²) in [6, 6.07) is 8.19. The molecule has 2 rings (SSSR count). The molecule has 2 nitrogen and oxygen atoms in total. The van der Waals surface area contributed by atoms with E-state index in [1.807, 2.05) is 24.4 Å². The van der Waals surface area contributed by atoms with Crippen molar-refractivity contribution in [1.82, 2.24) is 0 Å². The molecular formula is C8H10Cl2N2. The van der Waals surface area contributed by atoms with Gasteiger partial charge in [-0.3, -0.25) is 5.43 Å². The molecule has 0 spiro atoms. The van der Waals surface area contributed by atoms with Gasteiger partial charge >= 0.3 is 0 Å². The highest BCUT2D eigenvalue weighted by molar-refractivity contribution is 5.85. The van der Waals surface area contributed by atoms with E-state index in [9.17, 15) is 0 Å². The Hall–Kier alpha value is -0.730. The SMILES string of the molecule is C1=NNc2ccccc2C1.Cl.Cl. The van der Waals surface area contributed by atoms with E-state index in [0.717, 1.165) is 12.1 Å². The zero-order valence-electron chi connectivity index (χ0n) is 6.36. The fraction of sp³-hybridized carbons (Fsp3) is 0.125. The van der Waals surface area contributed by atoms with E-state index in [4.69, 9.17) is 0 Å². The fourth-order valence-corrected chi connectivity index (χ4v) is 1.07. The zero-order valence-corrected chi connectivity index (χ0v) is 7.99. The smallest absolute Gasteiger partial charge is 0.0597 e. The molecule has 1 aliphatic rings. The number of hydrogen-bond donors (Lipinski definition) is 1. The quantitative estimate of drug-likeness (QED) is 0.691. The van der Waals surface area contributed by atoms with Crippen LogP contribution in [0.5, 0.6) is 0 Å². The lowest BCUT2D eigenvalue weighted by Gasteiger charge is -2.09. The summed E-state index contributed by atoms with van der Waals surface area (Å²) in [6.45, 7) is 0. The lowest BCUT2D eigenvalue weighted by Crippen LogP contribution is -2.02. The summed E-state index contributed by atoms with van der Waals surface area (Å²) in [5.74, 6) is 0. The van der Waals surface area contributed by atoms with Gasteiger partial charge in [0.1, 0.15) is 0 Å². The van der Waals surface area contributed by atoms with Crippen molar-refractivity contribution < 1.29 is 0 Å². The molecule has 4 heteroatoms. The van der Waals surface area contributed by atoms with Crippen LogP contribution in [0.15, 0.2) is 29.4 Å². The Balaban J connectivity index is 0.000000605. The van der Waals surface area contributed by atoms with Gasteiger partial charge in [-0.25, -0.2) is 0 Å². The van der Waals surface area contributed by atoms with Gasteiger partial charge < -0.3 is 0 Å². The van der Waals surface area contributed by atoms with E-state index in [-0.39, 0.29) is 24.8 Å². The minimum absolute atomic E-state index is 0. The van der Waals surface area contributed by atoms with E-state index in [0.29, 0.717) is 0 Å². The molecule has 1 aromatic rings. The summed E-state index contributed by atoms with van der Waals surface area (Å²) in [5, 5.41) is 3.94. The van der Waals surface area contributed by atoms with Crippen LogP contribution in [-0.2, 0) is 6.42 Å².